The highest BCUT2D eigenvalue weighted by atomic mass is 32.1. The smallest absolute Gasteiger partial charge is 0.117 e. The Morgan fingerprint density at radius 1 is 1.14 bits per heavy atom. The third-order valence-corrected chi connectivity index (χ3v) is 6.16. The van der Waals surface area contributed by atoms with E-state index >= 15 is 0 Å². The lowest BCUT2D eigenvalue weighted by Gasteiger charge is -2.24. The zero-order chi connectivity index (χ0) is 14.2. The zero-order valence-corrected chi connectivity index (χ0v) is 13.4. The predicted molar refractivity (Wildman–Crippen MR) is 92.9 cm³/mol. The Morgan fingerprint density at radius 3 is 2.71 bits per heavy atom. The molecule has 0 amide bonds. The van der Waals surface area contributed by atoms with E-state index in [0.717, 1.165) is 17.5 Å². The highest BCUT2D eigenvalue weighted by molar-refractivity contribution is 7.81. The van der Waals surface area contributed by atoms with Crippen LogP contribution in [0, 0.1) is 5.92 Å². The molecule has 0 saturated carbocycles. The summed E-state index contributed by atoms with van der Waals surface area (Å²) in [6, 6.07) is 15.4. The van der Waals surface area contributed by atoms with Gasteiger partial charge in [0.2, 0.25) is 0 Å². The van der Waals surface area contributed by atoms with Crippen molar-refractivity contribution in [2.45, 2.75) is 12.5 Å². The van der Waals surface area contributed by atoms with Crippen LogP contribution in [0.15, 0.2) is 42.5 Å². The summed E-state index contributed by atoms with van der Waals surface area (Å²) in [5, 5.41) is 3.59. The number of nitrogens with zero attached hydrogens (tertiary/aromatic N) is 1. The van der Waals surface area contributed by atoms with E-state index in [2.05, 4.69) is 52.7 Å². The van der Waals surface area contributed by atoms with Crippen molar-refractivity contribution in [2.75, 3.05) is 19.6 Å². The maximum Gasteiger partial charge on any atom is 0.117 e. The van der Waals surface area contributed by atoms with Crippen LogP contribution in [0.4, 0.5) is 0 Å². The molecule has 1 aromatic carbocycles. The van der Waals surface area contributed by atoms with Crippen LogP contribution in [0.2, 0.25) is 0 Å². The first-order valence-electron chi connectivity index (χ1n) is 7.48. The lowest BCUT2D eigenvalue weighted by Crippen LogP contribution is -2.42. The molecule has 2 aliphatic rings. The Kier molecular flexibility index (Phi) is 3.53. The lowest BCUT2D eigenvalue weighted by atomic mass is 10.0. The van der Waals surface area contributed by atoms with Gasteiger partial charge in [-0.15, -0.1) is 11.3 Å². The summed E-state index contributed by atoms with van der Waals surface area (Å²) in [6.07, 6.45) is 1.32. The SMILES string of the molecule is S=C(NC1CN2CCC1C2)c1ccc(-c2ccccc2)s1. The number of piperidine rings is 1. The fourth-order valence-electron chi connectivity index (χ4n) is 3.40. The first-order chi connectivity index (χ1) is 10.3. The van der Waals surface area contributed by atoms with Gasteiger partial charge in [0, 0.05) is 24.0 Å². The Bertz CT molecular complexity index is 650. The van der Waals surface area contributed by atoms with Crippen molar-refractivity contribution in [2.24, 2.45) is 5.92 Å². The monoisotopic (exact) mass is 314 g/mol. The van der Waals surface area contributed by atoms with E-state index in [-0.39, 0.29) is 0 Å². The van der Waals surface area contributed by atoms with Crippen LogP contribution in [0.5, 0.6) is 0 Å². The molecule has 2 aliphatic heterocycles. The number of nitrogens with one attached hydrogen (secondary N) is 1. The van der Waals surface area contributed by atoms with Gasteiger partial charge >= 0.3 is 0 Å². The van der Waals surface area contributed by atoms with E-state index in [4.69, 9.17) is 12.2 Å². The number of hydrogen-bond donors (Lipinski definition) is 1. The maximum atomic E-state index is 5.62. The second kappa shape index (κ2) is 5.52. The highest BCUT2D eigenvalue weighted by Crippen LogP contribution is 2.30. The fourth-order valence-corrected chi connectivity index (χ4v) is 4.66. The molecule has 2 bridgehead atoms. The van der Waals surface area contributed by atoms with E-state index in [1.54, 1.807) is 11.3 Å². The van der Waals surface area contributed by atoms with Crippen molar-refractivity contribution in [3.63, 3.8) is 0 Å². The number of benzene rings is 1. The molecule has 2 fully saturated rings. The van der Waals surface area contributed by atoms with Crippen LogP contribution in [-0.2, 0) is 0 Å². The molecule has 0 radical (unpaired) electrons. The minimum absolute atomic E-state index is 0.550. The first kappa shape index (κ1) is 13.4. The van der Waals surface area contributed by atoms with Crippen molar-refractivity contribution in [1.82, 2.24) is 10.2 Å². The summed E-state index contributed by atoms with van der Waals surface area (Å²) in [5.74, 6) is 0.788. The molecular weight excluding hydrogens is 296 g/mol. The molecule has 4 rings (SSSR count). The van der Waals surface area contributed by atoms with Gasteiger partial charge in [0.05, 0.1) is 4.88 Å². The normalized spacial score (nSPS) is 27.0. The van der Waals surface area contributed by atoms with Gasteiger partial charge in [-0.2, -0.15) is 0 Å². The molecule has 4 heteroatoms. The molecule has 2 nitrogen and oxygen atoms in total. The summed E-state index contributed by atoms with van der Waals surface area (Å²) in [4.78, 5) is 5.92. The second-order valence-electron chi connectivity index (χ2n) is 5.92. The predicted octanol–water partition coefficient (Wildman–Crippen LogP) is 3.38. The van der Waals surface area contributed by atoms with Gasteiger partial charge in [-0.3, -0.25) is 0 Å². The van der Waals surface area contributed by atoms with Crippen LogP contribution in [-0.4, -0.2) is 35.6 Å². The minimum Gasteiger partial charge on any atom is -0.371 e. The van der Waals surface area contributed by atoms with E-state index in [1.165, 1.54) is 34.8 Å². The number of rotatable bonds is 3. The van der Waals surface area contributed by atoms with Crippen molar-refractivity contribution in [3.8, 4) is 10.4 Å². The van der Waals surface area contributed by atoms with Crippen molar-refractivity contribution >= 4 is 28.5 Å². The molecule has 3 atom stereocenters. The zero-order valence-electron chi connectivity index (χ0n) is 11.8. The molecule has 108 valence electrons. The molecule has 2 aromatic rings. The number of hydrogen-bond acceptors (Lipinski definition) is 3. The molecule has 21 heavy (non-hydrogen) atoms. The van der Waals surface area contributed by atoms with Gasteiger partial charge in [0.15, 0.2) is 0 Å². The van der Waals surface area contributed by atoms with E-state index in [9.17, 15) is 0 Å². The van der Waals surface area contributed by atoms with Crippen molar-refractivity contribution in [1.29, 1.82) is 0 Å². The van der Waals surface area contributed by atoms with Gasteiger partial charge in [-0.1, -0.05) is 42.5 Å². The Morgan fingerprint density at radius 2 is 2.00 bits per heavy atom. The number of fused-ring (bicyclic) bond motifs is 2. The average molecular weight is 314 g/mol. The quantitative estimate of drug-likeness (QED) is 0.874. The molecule has 1 N–H and O–H groups in total. The standard InChI is InChI=1S/C17H18N2S2/c20-17(18-14-11-19-9-8-13(14)10-19)16-7-6-15(21-16)12-4-2-1-3-5-12/h1-7,13-14H,8-11H2,(H,18,20). The molecule has 3 unspecified atom stereocenters. The third-order valence-electron chi connectivity index (χ3n) is 4.54. The van der Waals surface area contributed by atoms with Gasteiger partial charge in [-0.05, 0) is 36.6 Å². The van der Waals surface area contributed by atoms with Gasteiger partial charge in [-0.25, -0.2) is 0 Å². The Hall–Kier alpha value is -1.23. The van der Waals surface area contributed by atoms with Crippen LogP contribution < -0.4 is 5.32 Å². The Labute approximate surface area is 134 Å². The summed E-state index contributed by atoms with van der Waals surface area (Å²) in [5.41, 5.74) is 1.27. The second-order valence-corrected chi connectivity index (χ2v) is 7.41. The van der Waals surface area contributed by atoms with Crippen molar-refractivity contribution < 1.29 is 0 Å². The Balaban J connectivity index is 1.47. The molecule has 0 aliphatic carbocycles. The molecule has 2 saturated heterocycles. The fraction of sp³-hybridized carbons (Fsp3) is 0.353. The van der Waals surface area contributed by atoms with E-state index in [0.29, 0.717) is 6.04 Å². The topological polar surface area (TPSA) is 15.3 Å². The van der Waals surface area contributed by atoms with E-state index in [1.807, 2.05) is 0 Å². The maximum absolute atomic E-state index is 5.62. The summed E-state index contributed by atoms with van der Waals surface area (Å²) in [6.45, 7) is 3.68. The summed E-state index contributed by atoms with van der Waals surface area (Å²) in [7, 11) is 0. The average Bonchev–Trinajstić information content (AvgIpc) is 3.24. The number of thiophene rings is 1. The largest absolute Gasteiger partial charge is 0.371 e. The molecule has 3 heterocycles. The van der Waals surface area contributed by atoms with E-state index < -0.39 is 0 Å². The summed E-state index contributed by atoms with van der Waals surface area (Å²) >= 11 is 7.40. The third kappa shape index (κ3) is 2.63. The summed E-state index contributed by atoms with van der Waals surface area (Å²) < 4.78 is 0. The van der Waals surface area contributed by atoms with Gasteiger partial charge < -0.3 is 10.2 Å². The van der Waals surface area contributed by atoms with Crippen LogP contribution in [0.25, 0.3) is 10.4 Å². The molecule has 0 spiro atoms. The van der Waals surface area contributed by atoms with Gasteiger partial charge in [0.1, 0.15) is 4.99 Å². The molecule has 1 aromatic heterocycles. The highest BCUT2D eigenvalue weighted by Gasteiger charge is 2.38. The number of thiocarbonyl (C=S) groups is 1. The minimum atomic E-state index is 0.550. The van der Waals surface area contributed by atoms with Crippen LogP contribution in [0.1, 0.15) is 11.3 Å². The lowest BCUT2D eigenvalue weighted by molar-refractivity contribution is 0.335. The first-order valence-corrected chi connectivity index (χ1v) is 8.70. The van der Waals surface area contributed by atoms with Crippen LogP contribution >= 0.6 is 23.6 Å². The van der Waals surface area contributed by atoms with Gasteiger partial charge in [0.25, 0.3) is 0 Å². The van der Waals surface area contributed by atoms with Crippen LogP contribution in [0.3, 0.4) is 0 Å². The molecular formula is C17H18N2S2. The van der Waals surface area contributed by atoms with Crippen molar-refractivity contribution in [3.05, 3.63) is 47.3 Å².